The van der Waals surface area contributed by atoms with Gasteiger partial charge in [-0.05, 0) is 32.8 Å². The van der Waals surface area contributed by atoms with Gasteiger partial charge in [0.2, 0.25) is 0 Å². The number of aromatic carboxylic acids is 1. The summed E-state index contributed by atoms with van der Waals surface area (Å²) in [4.78, 5) is 26.0. The number of H-pyrrole nitrogens is 1. The van der Waals surface area contributed by atoms with E-state index < -0.39 is 5.97 Å². The third kappa shape index (κ3) is 3.85. The van der Waals surface area contributed by atoms with Crippen molar-refractivity contribution in [1.29, 1.82) is 0 Å². The van der Waals surface area contributed by atoms with Crippen molar-refractivity contribution in [1.82, 2.24) is 10.3 Å². The molecule has 5 nitrogen and oxygen atoms in total. The number of unbranched alkanes of at least 4 members (excludes halogenated alkanes) is 2. The molecule has 0 aliphatic carbocycles. The second kappa shape index (κ2) is 7.12. The SMILES string of the molecule is CCCCCC(C)NC(=O)c1c(C)[nH]c(C(=O)O)c1C. The summed E-state index contributed by atoms with van der Waals surface area (Å²) >= 11 is 0. The monoisotopic (exact) mass is 280 g/mol. The van der Waals surface area contributed by atoms with E-state index in [1.54, 1.807) is 13.8 Å². The molecule has 1 atom stereocenters. The molecule has 1 aromatic heterocycles. The highest BCUT2D eigenvalue weighted by atomic mass is 16.4. The van der Waals surface area contributed by atoms with Crippen molar-refractivity contribution in [3.8, 4) is 0 Å². The van der Waals surface area contributed by atoms with E-state index in [9.17, 15) is 9.59 Å². The van der Waals surface area contributed by atoms with Crippen LogP contribution >= 0.6 is 0 Å². The van der Waals surface area contributed by atoms with Crippen LogP contribution in [0.4, 0.5) is 0 Å². The molecule has 0 bridgehead atoms. The second-order valence-corrected chi connectivity index (χ2v) is 5.30. The van der Waals surface area contributed by atoms with Gasteiger partial charge >= 0.3 is 5.97 Å². The average Bonchev–Trinajstić information content (AvgIpc) is 2.65. The number of carboxylic acid groups (broad SMARTS) is 1. The predicted octanol–water partition coefficient (Wildman–Crippen LogP) is 3.03. The van der Waals surface area contributed by atoms with Crippen LogP contribution in [0.1, 0.15) is 71.6 Å². The zero-order valence-electron chi connectivity index (χ0n) is 12.7. The first-order valence-electron chi connectivity index (χ1n) is 7.11. The van der Waals surface area contributed by atoms with E-state index in [4.69, 9.17) is 5.11 Å². The first-order valence-corrected chi connectivity index (χ1v) is 7.11. The molecular weight excluding hydrogens is 256 g/mol. The molecule has 5 heteroatoms. The van der Waals surface area contributed by atoms with Crippen LogP contribution in [0.5, 0.6) is 0 Å². The first-order chi connectivity index (χ1) is 9.38. The van der Waals surface area contributed by atoms with E-state index in [1.165, 1.54) is 0 Å². The smallest absolute Gasteiger partial charge is 0.352 e. The third-order valence-electron chi connectivity index (χ3n) is 3.50. The number of carbonyl (C=O) groups is 2. The summed E-state index contributed by atoms with van der Waals surface area (Å²) in [5, 5.41) is 12.0. The van der Waals surface area contributed by atoms with Gasteiger partial charge in [-0.25, -0.2) is 4.79 Å². The summed E-state index contributed by atoms with van der Waals surface area (Å²) < 4.78 is 0. The van der Waals surface area contributed by atoms with Crippen molar-refractivity contribution < 1.29 is 14.7 Å². The molecular formula is C15H24N2O3. The molecule has 0 saturated heterocycles. The fraction of sp³-hybridized carbons (Fsp3) is 0.600. The van der Waals surface area contributed by atoms with Gasteiger partial charge in [0.15, 0.2) is 0 Å². The Labute approximate surface area is 119 Å². The maximum absolute atomic E-state index is 12.2. The summed E-state index contributed by atoms with van der Waals surface area (Å²) in [6.45, 7) is 7.49. The van der Waals surface area contributed by atoms with Crippen LogP contribution in [-0.2, 0) is 0 Å². The van der Waals surface area contributed by atoms with E-state index in [0.717, 1.165) is 25.7 Å². The van der Waals surface area contributed by atoms with Crippen molar-refractivity contribution in [2.24, 2.45) is 0 Å². The average molecular weight is 280 g/mol. The Kier molecular flexibility index (Phi) is 5.80. The number of hydrogen-bond acceptors (Lipinski definition) is 2. The lowest BCUT2D eigenvalue weighted by molar-refractivity contribution is 0.0690. The lowest BCUT2D eigenvalue weighted by Gasteiger charge is -2.14. The molecule has 1 unspecified atom stereocenters. The van der Waals surface area contributed by atoms with Crippen molar-refractivity contribution in [2.45, 2.75) is 59.4 Å². The quantitative estimate of drug-likeness (QED) is 0.671. The number of hydrogen-bond donors (Lipinski definition) is 3. The Morgan fingerprint density at radius 2 is 1.95 bits per heavy atom. The largest absolute Gasteiger partial charge is 0.477 e. The normalized spacial score (nSPS) is 12.2. The minimum Gasteiger partial charge on any atom is -0.477 e. The number of carboxylic acids is 1. The lowest BCUT2D eigenvalue weighted by Crippen LogP contribution is -2.33. The van der Waals surface area contributed by atoms with Gasteiger partial charge in [0.1, 0.15) is 5.69 Å². The van der Waals surface area contributed by atoms with Crippen LogP contribution < -0.4 is 5.32 Å². The van der Waals surface area contributed by atoms with Crippen molar-refractivity contribution >= 4 is 11.9 Å². The summed E-state index contributed by atoms with van der Waals surface area (Å²) in [5.74, 6) is -1.24. The van der Waals surface area contributed by atoms with Gasteiger partial charge < -0.3 is 15.4 Å². The fourth-order valence-electron chi connectivity index (χ4n) is 2.37. The standard InChI is InChI=1S/C15H24N2O3/c1-5-6-7-8-9(2)16-14(18)12-10(3)13(15(19)20)17-11(12)4/h9,17H,5-8H2,1-4H3,(H,16,18)(H,19,20). The van der Waals surface area contributed by atoms with E-state index >= 15 is 0 Å². The first kappa shape index (κ1) is 16.3. The van der Waals surface area contributed by atoms with Crippen LogP contribution in [0, 0.1) is 13.8 Å². The molecule has 3 N–H and O–H groups in total. The number of carbonyl (C=O) groups excluding carboxylic acids is 1. The number of nitrogens with one attached hydrogen (secondary N) is 2. The topological polar surface area (TPSA) is 82.2 Å². The van der Waals surface area contributed by atoms with Gasteiger partial charge in [-0.3, -0.25) is 4.79 Å². The fourth-order valence-corrected chi connectivity index (χ4v) is 2.37. The zero-order valence-corrected chi connectivity index (χ0v) is 12.7. The summed E-state index contributed by atoms with van der Waals surface area (Å²) in [6.07, 6.45) is 4.33. The van der Waals surface area contributed by atoms with Gasteiger partial charge in [0.05, 0.1) is 5.56 Å². The molecule has 0 radical (unpaired) electrons. The molecule has 1 rings (SSSR count). The number of aromatic amines is 1. The molecule has 1 aromatic rings. The van der Waals surface area contributed by atoms with Crippen LogP contribution in [0.25, 0.3) is 0 Å². The molecule has 112 valence electrons. The maximum atomic E-state index is 12.2. The van der Waals surface area contributed by atoms with Crippen molar-refractivity contribution in [3.05, 3.63) is 22.5 Å². The van der Waals surface area contributed by atoms with Crippen LogP contribution in [0.2, 0.25) is 0 Å². The van der Waals surface area contributed by atoms with Crippen LogP contribution in [0.15, 0.2) is 0 Å². The summed E-state index contributed by atoms with van der Waals surface area (Å²) in [6, 6.07) is 0.0935. The van der Waals surface area contributed by atoms with Gasteiger partial charge in [-0.1, -0.05) is 26.2 Å². The van der Waals surface area contributed by atoms with Gasteiger partial charge in [-0.2, -0.15) is 0 Å². The number of rotatable bonds is 7. The zero-order chi connectivity index (χ0) is 15.3. The van der Waals surface area contributed by atoms with Gasteiger partial charge in [0.25, 0.3) is 5.91 Å². The Morgan fingerprint density at radius 1 is 1.30 bits per heavy atom. The Bertz CT molecular complexity index is 492. The molecule has 0 aliphatic heterocycles. The minimum atomic E-state index is -1.04. The predicted molar refractivity (Wildman–Crippen MR) is 78.3 cm³/mol. The summed E-state index contributed by atoms with van der Waals surface area (Å²) in [7, 11) is 0. The highest BCUT2D eigenvalue weighted by Crippen LogP contribution is 2.18. The molecule has 20 heavy (non-hydrogen) atoms. The van der Waals surface area contributed by atoms with E-state index in [2.05, 4.69) is 17.2 Å². The third-order valence-corrected chi connectivity index (χ3v) is 3.50. The van der Waals surface area contributed by atoms with E-state index in [1.807, 2.05) is 6.92 Å². The van der Waals surface area contributed by atoms with E-state index in [0.29, 0.717) is 16.8 Å². The minimum absolute atomic E-state index is 0.0892. The molecule has 0 spiro atoms. The van der Waals surface area contributed by atoms with E-state index in [-0.39, 0.29) is 17.6 Å². The molecule has 0 aromatic carbocycles. The highest BCUT2D eigenvalue weighted by molar-refractivity contribution is 6.00. The maximum Gasteiger partial charge on any atom is 0.352 e. The molecule has 1 heterocycles. The molecule has 0 aliphatic rings. The Hall–Kier alpha value is -1.78. The van der Waals surface area contributed by atoms with Crippen molar-refractivity contribution in [2.75, 3.05) is 0 Å². The van der Waals surface area contributed by atoms with Gasteiger partial charge in [-0.15, -0.1) is 0 Å². The number of aryl methyl sites for hydroxylation is 1. The highest BCUT2D eigenvalue weighted by Gasteiger charge is 2.22. The van der Waals surface area contributed by atoms with Crippen molar-refractivity contribution in [3.63, 3.8) is 0 Å². The Balaban J connectivity index is 2.75. The number of amides is 1. The van der Waals surface area contributed by atoms with Crippen LogP contribution in [-0.4, -0.2) is 28.0 Å². The molecule has 0 fully saturated rings. The molecule has 1 amide bonds. The lowest BCUT2D eigenvalue weighted by atomic mass is 10.1. The Morgan fingerprint density at radius 3 is 2.45 bits per heavy atom. The molecule has 0 saturated carbocycles. The summed E-state index contributed by atoms with van der Waals surface area (Å²) in [5.41, 5.74) is 1.63. The number of aromatic nitrogens is 1. The second-order valence-electron chi connectivity index (χ2n) is 5.30. The van der Waals surface area contributed by atoms with Crippen LogP contribution in [0.3, 0.4) is 0 Å². The van der Waals surface area contributed by atoms with Gasteiger partial charge in [0, 0.05) is 11.7 Å².